The summed E-state index contributed by atoms with van der Waals surface area (Å²) >= 11 is 0. The quantitative estimate of drug-likeness (QED) is 0.0290. The van der Waals surface area contributed by atoms with Crippen LogP contribution in [-0.4, -0.2) is 39.0 Å². The number of aromatic hydroxyl groups is 1. The molecule has 0 spiro atoms. The first-order valence-corrected chi connectivity index (χ1v) is 53.6. The smallest absolute Gasteiger partial charge is 1.00 e. The van der Waals surface area contributed by atoms with Gasteiger partial charge < -0.3 is 31.9 Å². The van der Waals surface area contributed by atoms with Crippen LogP contribution in [0.3, 0.4) is 0 Å². The van der Waals surface area contributed by atoms with Crippen molar-refractivity contribution >= 4 is 34.4 Å². The molecule has 1 unspecified atom stereocenters. The topological polar surface area (TPSA) is 66.8 Å². The second-order valence-electron chi connectivity index (χ2n) is 42.9. The number of ketones is 1. The molecule has 142 heavy (non-hydrogen) atoms. The number of halogens is 17. The van der Waals surface area contributed by atoms with E-state index >= 15 is 0 Å². The zero-order valence-electron chi connectivity index (χ0n) is 84.2. The minimum atomic E-state index is -1.59. The fourth-order valence-electron chi connectivity index (χ4n) is 25.8. The zero-order chi connectivity index (χ0) is 99.6. The number of rotatable bonds is 23. The predicted octanol–water partition coefficient (Wildman–Crippen LogP) is 34.0. The molecule has 10 aliphatic carbocycles. The van der Waals surface area contributed by atoms with Crippen molar-refractivity contribution in [1.29, 1.82) is 0 Å². The SMILES string of the molecule is C.CCCC1CCC(C2CC=C(c3cc(F)cc(F)c3)CC2)CC1.CCCC1CCC(C2CCC(=O)CC2)CC1.CCCC1CCC(C2CCC(c3cc(F)c(O)c(F)c3)CC2)CC1.CCCC1CCC(C2CCC(c3cc(F)c(OCc4cc(F)c(F)c(F)c4)c(F)c3)CC2)CC1.CCCC1CCC(C2CCC(c3cc(F)cc(F)c3)CC2)CC1.Fc1c[c-]cc(F)c1.OCc1cc(F)c(F)c(F)c1.[Br-].[Mg+2]. The molecular formula is C120H159BrF16MgO4. The number of carbonyl (C=O) groups excluding carboxylic acids is 1. The Kier molecular flexibility index (Phi) is 52.9. The van der Waals surface area contributed by atoms with Gasteiger partial charge >= 0.3 is 23.1 Å². The summed E-state index contributed by atoms with van der Waals surface area (Å²) in [5.41, 5.74) is 4.03. The van der Waals surface area contributed by atoms with Crippen LogP contribution in [0.5, 0.6) is 11.5 Å². The Balaban J connectivity index is 0.000000209. The van der Waals surface area contributed by atoms with Gasteiger partial charge in [0.05, 0.1) is 6.61 Å². The number of hydrogen-bond donors (Lipinski definition) is 2. The number of aliphatic hydroxyl groups is 1. The molecule has 10 aliphatic rings. The van der Waals surface area contributed by atoms with Gasteiger partial charge in [0.15, 0.2) is 69.7 Å². The van der Waals surface area contributed by atoms with Gasteiger partial charge in [-0.15, -0.1) is 18.2 Å². The molecule has 0 radical (unpaired) electrons. The standard InChI is InChI=1S/C28H33F5O.C21H30F2O.C21H30F2.C21H28F2.C15H26O.C7H5F3O.C6H3F2.CH4.BrH.Mg/c1-2-3-17-4-6-19(7-5-17)20-8-10-21(11-9-20)22-14-25(31)28(26(32)15-22)34-16-18-12-23(29)27(33)24(30)13-18;1-2-3-14-4-6-15(7-5-14)16-8-10-17(11-9-16)18-12-19(22)21(24)20(23)13-18;2*1-2-3-15-4-6-16(7-5-15)17-8-10-18(11-9-17)19-12-20(22)14-21(23)13-19;1-2-3-12-4-6-13(7-5-12)14-8-10-15(16)11-9-14;8-5-1-4(3-11)2-6(9)7(5)10;7-5-2-1-3-6(8)4-5;;;/h12-15,17,19-21H,2-11,16H2,1H3;12-17,24H,2-11H2,1H3;12-18H,2-11H2,1H3;10,12-17H,2-9,11H2,1H3;12-14H,2-11H2,1H3;1-2,11H,3H2;2-4H;1H4;1H;/q;;;;;;-1;;;+2/p-1. The molecule has 4 nitrogen and oxygen atoms in total. The third-order valence-electron chi connectivity index (χ3n) is 33.6. The van der Waals surface area contributed by atoms with Gasteiger partial charge in [-0.25, -0.2) is 61.5 Å². The number of ether oxygens (including phenoxy) is 1. The number of Topliss-reactive ketones (excluding diaryl/α,β-unsaturated/α-hetero) is 1. The summed E-state index contributed by atoms with van der Waals surface area (Å²) in [7, 11) is 0. The number of carbonyl (C=O) groups is 1. The van der Waals surface area contributed by atoms with Gasteiger partial charge in [0.2, 0.25) is 0 Å². The third-order valence-corrected chi connectivity index (χ3v) is 33.6. The molecule has 0 heterocycles. The van der Waals surface area contributed by atoms with Crippen LogP contribution in [-0.2, 0) is 18.0 Å². The molecule has 1 atom stereocenters. The van der Waals surface area contributed by atoms with E-state index in [0.717, 1.165) is 231 Å². The predicted molar refractivity (Wildman–Crippen MR) is 536 cm³/mol. The van der Waals surface area contributed by atoms with Crippen LogP contribution in [0.2, 0.25) is 0 Å². The Hall–Kier alpha value is -6.36. The second-order valence-corrected chi connectivity index (χ2v) is 42.9. The van der Waals surface area contributed by atoms with Crippen molar-refractivity contribution in [1.82, 2.24) is 0 Å². The monoisotopic (exact) mass is 2070 g/mol. The molecule has 17 rings (SSSR count). The molecule has 2 N–H and O–H groups in total. The Bertz CT molecular complexity index is 4730. The van der Waals surface area contributed by atoms with Gasteiger partial charge in [-0.1, -0.05) is 177 Å². The number of benzene rings is 7. The van der Waals surface area contributed by atoms with E-state index in [0.29, 0.717) is 28.7 Å². The van der Waals surface area contributed by atoms with Crippen LogP contribution in [0, 0.1) is 188 Å². The van der Waals surface area contributed by atoms with Crippen molar-refractivity contribution < 1.29 is 107 Å². The molecule has 0 saturated heterocycles. The number of hydrogen-bond acceptors (Lipinski definition) is 4. The fourth-order valence-corrected chi connectivity index (χ4v) is 25.8. The van der Waals surface area contributed by atoms with Crippen molar-refractivity contribution in [2.45, 2.75) is 388 Å². The summed E-state index contributed by atoms with van der Waals surface area (Å²) in [4.78, 5) is 11.2. The summed E-state index contributed by atoms with van der Waals surface area (Å²) in [6.07, 6.45) is 64.2. The summed E-state index contributed by atoms with van der Waals surface area (Å²) < 4.78 is 216. The van der Waals surface area contributed by atoms with E-state index in [2.05, 4.69) is 46.8 Å². The van der Waals surface area contributed by atoms with Crippen molar-refractivity contribution in [3.05, 3.63) is 242 Å². The number of aliphatic hydroxyl groups excluding tert-OH is 1. The van der Waals surface area contributed by atoms with Gasteiger partial charge in [0.1, 0.15) is 35.7 Å². The Morgan fingerprint density at radius 2 is 0.577 bits per heavy atom. The maximum absolute atomic E-state index is 14.7. The van der Waals surface area contributed by atoms with E-state index in [1.54, 1.807) is 0 Å². The maximum atomic E-state index is 14.7. The van der Waals surface area contributed by atoms with Gasteiger partial charge in [0, 0.05) is 36.6 Å². The number of phenolic OH excluding ortho intramolecular Hbond substituents is 1. The third kappa shape index (κ3) is 37.7. The van der Waals surface area contributed by atoms with Crippen LogP contribution in [0.1, 0.15) is 408 Å². The van der Waals surface area contributed by atoms with Crippen molar-refractivity contribution in [2.24, 2.45) is 88.8 Å². The first kappa shape index (κ1) is 121. The Morgan fingerprint density at radius 1 is 0.310 bits per heavy atom. The van der Waals surface area contributed by atoms with E-state index < -0.39 is 118 Å². The Morgan fingerprint density at radius 3 is 0.866 bits per heavy atom. The first-order chi connectivity index (χ1) is 67.0. The van der Waals surface area contributed by atoms with E-state index in [9.17, 15) is 80.1 Å². The zero-order valence-corrected chi connectivity index (χ0v) is 87.2. The van der Waals surface area contributed by atoms with Crippen molar-refractivity contribution in [3.8, 4) is 11.5 Å². The van der Waals surface area contributed by atoms with Crippen LogP contribution < -0.4 is 21.7 Å². The normalized spacial score (nSPS) is 26.1. The average molecular weight is 2070 g/mol. The average Bonchev–Trinajstić information content (AvgIpc) is 0.814. The molecule has 784 valence electrons. The summed E-state index contributed by atoms with van der Waals surface area (Å²) in [6.45, 7) is 10.4. The summed E-state index contributed by atoms with van der Waals surface area (Å²) in [6, 6.07) is 21.4. The molecule has 0 amide bonds. The van der Waals surface area contributed by atoms with E-state index in [1.165, 1.54) is 286 Å². The molecule has 0 bridgehead atoms. The molecule has 9 saturated carbocycles. The van der Waals surface area contributed by atoms with Crippen molar-refractivity contribution in [3.63, 3.8) is 0 Å². The largest absolute Gasteiger partial charge is 2.00 e. The van der Waals surface area contributed by atoms with Crippen LogP contribution in [0.15, 0.2) is 109 Å². The van der Waals surface area contributed by atoms with Gasteiger partial charge in [-0.3, -0.25) is 13.6 Å². The second kappa shape index (κ2) is 62.2. The maximum Gasteiger partial charge on any atom is 2.00 e. The molecule has 7 aromatic carbocycles. The van der Waals surface area contributed by atoms with E-state index in [1.807, 2.05) is 0 Å². The van der Waals surface area contributed by atoms with Gasteiger partial charge in [-0.05, 0) is 392 Å². The summed E-state index contributed by atoms with van der Waals surface area (Å²) in [5.74, 6) is -1.76. The number of allylic oxidation sites excluding steroid dienone is 2. The molecular weight excluding hydrogens is 1910 g/mol. The number of phenols is 1. The summed E-state index contributed by atoms with van der Waals surface area (Å²) in [5, 5.41) is 17.7. The minimum Gasteiger partial charge on any atom is -1.00 e. The molecule has 22 heteroatoms. The van der Waals surface area contributed by atoms with Crippen molar-refractivity contribution in [2.75, 3.05) is 0 Å². The Labute approximate surface area is 865 Å². The fraction of sp³-hybridized carbons (Fsp3) is 0.625. The van der Waals surface area contributed by atoms with E-state index in [-0.39, 0.29) is 70.4 Å². The van der Waals surface area contributed by atoms with Gasteiger partial charge in [0.25, 0.3) is 0 Å². The van der Waals surface area contributed by atoms with Crippen LogP contribution >= 0.6 is 0 Å². The van der Waals surface area contributed by atoms with Crippen LogP contribution in [0.4, 0.5) is 70.2 Å². The van der Waals surface area contributed by atoms with Gasteiger partial charge in [-0.2, -0.15) is 6.07 Å². The minimum absolute atomic E-state index is 0. The first-order valence-electron chi connectivity index (χ1n) is 53.6. The molecule has 7 aromatic rings. The van der Waals surface area contributed by atoms with Crippen LogP contribution in [0.25, 0.3) is 5.57 Å². The molecule has 0 aliphatic heterocycles. The van der Waals surface area contributed by atoms with E-state index in [4.69, 9.17) is 9.84 Å². The molecule has 0 aromatic heterocycles. The molecule has 9 fully saturated rings.